The van der Waals surface area contributed by atoms with E-state index >= 15 is 0 Å². The number of halogens is 5. The molecule has 2 aromatic heterocycles. The molecule has 0 atom stereocenters. The third-order valence-corrected chi connectivity index (χ3v) is 7.00. The third-order valence-electron chi connectivity index (χ3n) is 7.00. The Hall–Kier alpha value is -3.84. The number of nitrogen functional groups attached to an aromatic ring is 1. The third kappa shape index (κ3) is 6.79. The fourth-order valence-electron chi connectivity index (χ4n) is 3.83. The van der Waals surface area contributed by atoms with E-state index in [9.17, 15) is 31.5 Å². The Labute approximate surface area is 240 Å². The summed E-state index contributed by atoms with van der Waals surface area (Å²) in [6, 6.07) is 5.02. The molecule has 4 rings (SSSR count). The van der Waals surface area contributed by atoms with Crippen LogP contribution in [0.1, 0.15) is 72.4 Å². The summed E-state index contributed by atoms with van der Waals surface area (Å²) in [4.78, 5) is 31.1. The molecule has 0 radical (unpaired) electrons. The summed E-state index contributed by atoms with van der Waals surface area (Å²) in [6.45, 7) is 13.7. The van der Waals surface area contributed by atoms with Crippen molar-refractivity contribution in [2.45, 2.75) is 92.3 Å². The number of aryl methyl sites for hydroxylation is 2. The SMILES string of the molecule is CC.CCC(C)(C)C(=O)O.Cc1ccc2c(-c3nc(N)c4c(n3)NC(=O)C4(C)C)nn(CCC(F)(F)C(F)(F)F)c2c1. The molecule has 3 heterocycles. The van der Waals surface area contributed by atoms with Crippen LogP contribution in [0.5, 0.6) is 0 Å². The number of carboxylic acids is 1. The minimum absolute atomic E-state index is 0.0226. The number of carboxylic acid groups (broad SMARTS) is 1. The number of hydrogen-bond acceptors (Lipinski definition) is 6. The van der Waals surface area contributed by atoms with Gasteiger partial charge in [0.15, 0.2) is 5.82 Å². The smallest absolute Gasteiger partial charge is 0.453 e. The molecule has 0 aliphatic carbocycles. The Kier molecular flexibility index (Phi) is 9.96. The van der Waals surface area contributed by atoms with Crippen LogP contribution in [0.4, 0.5) is 33.6 Å². The molecule has 14 heteroatoms. The second kappa shape index (κ2) is 12.2. The molecule has 42 heavy (non-hydrogen) atoms. The number of carbonyl (C=O) groups excluding carboxylic acids is 1. The summed E-state index contributed by atoms with van der Waals surface area (Å²) in [5.41, 5.74) is 6.29. The number of alkyl halides is 5. The van der Waals surface area contributed by atoms with Crippen LogP contribution in [0.25, 0.3) is 22.4 Å². The van der Waals surface area contributed by atoms with Crippen molar-refractivity contribution in [2.75, 3.05) is 11.1 Å². The van der Waals surface area contributed by atoms with Gasteiger partial charge in [-0.25, -0.2) is 9.97 Å². The highest BCUT2D eigenvalue weighted by Crippen LogP contribution is 2.41. The number of nitrogens with zero attached hydrogens (tertiary/aromatic N) is 4. The lowest BCUT2D eigenvalue weighted by Gasteiger charge is -2.19. The molecule has 0 spiro atoms. The number of benzene rings is 1. The Morgan fingerprint density at radius 3 is 2.21 bits per heavy atom. The van der Waals surface area contributed by atoms with Gasteiger partial charge in [-0.05, 0) is 52.7 Å². The van der Waals surface area contributed by atoms with Gasteiger partial charge in [0.2, 0.25) is 5.91 Å². The molecule has 232 valence electrons. The molecule has 0 unspecified atom stereocenters. The van der Waals surface area contributed by atoms with Crippen LogP contribution in [-0.4, -0.2) is 48.8 Å². The van der Waals surface area contributed by atoms with Crippen LogP contribution in [-0.2, 0) is 21.5 Å². The summed E-state index contributed by atoms with van der Waals surface area (Å²) in [5.74, 6) is -5.62. The zero-order valence-corrected chi connectivity index (χ0v) is 24.9. The maximum Gasteiger partial charge on any atom is 0.453 e. The fraction of sp³-hybridized carbons (Fsp3) is 0.536. The molecule has 3 aromatic rings. The van der Waals surface area contributed by atoms with Gasteiger partial charge in [0, 0.05) is 18.4 Å². The predicted molar refractivity (Wildman–Crippen MR) is 150 cm³/mol. The maximum absolute atomic E-state index is 13.5. The first-order chi connectivity index (χ1) is 19.2. The molecule has 1 aromatic carbocycles. The average Bonchev–Trinajstić information content (AvgIpc) is 3.36. The predicted octanol–water partition coefficient (Wildman–Crippen LogP) is 6.73. The summed E-state index contributed by atoms with van der Waals surface area (Å²) >= 11 is 0. The number of carbonyl (C=O) groups is 2. The minimum Gasteiger partial charge on any atom is -0.481 e. The van der Waals surface area contributed by atoms with Crippen LogP contribution in [0.2, 0.25) is 0 Å². The van der Waals surface area contributed by atoms with Crippen molar-refractivity contribution in [3.05, 3.63) is 29.3 Å². The first-order valence-corrected chi connectivity index (χ1v) is 13.4. The van der Waals surface area contributed by atoms with Crippen molar-refractivity contribution in [3.63, 3.8) is 0 Å². The number of hydrogen-bond donors (Lipinski definition) is 3. The van der Waals surface area contributed by atoms with E-state index in [4.69, 9.17) is 10.8 Å². The lowest BCUT2D eigenvalue weighted by atomic mass is 9.87. The van der Waals surface area contributed by atoms with E-state index in [2.05, 4.69) is 20.4 Å². The number of nitrogens with one attached hydrogen (secondary N) is 1. The van der Waals surface area contributed by atoms with E-state index < -0.39 is 41.9 Å². The Balaban J connectivity index is 0.000000535. The molecular formula is C28H37F5N6O3. The van der Waals surface area contributed by atoms with Crippen molar-refractivity contribution in [3.8, 4) is 11.5 Å². The Morgan fingerprint density at radius 2 is 1.71 bits per heavy atom. The Morgan fingerprint density at radius 1 is 1.12 bits per heavy atom. The van der Waals surface area contributed by atoms with Crippen LogP contribution in [0.3, 0.4) is 0 Å². The largest absolute Gasteiger partial charge is 0.481 e. The van der Waals surface area contributed by atoms with E-state index in [1.54, 1.807) is 52.8 Å². The summed E-state index contributed by atoms with van der Waals surface area (Å²) in [6.07, 6.45) is -6.45. The molecule has 0 bridgehead atoms. The first-order valence-electron chi connectivity index (χ1n) is 13.4. The van der Waals surface area contributed by atoms with Crippen LogP contribution in [0, 0.1) is 12.3 Å². The molecule has 0 fully saturated rings. The van der Waals surface area contributed by atoms with Gasteiger partial charge in [-0.15, -0.1) is 0 Å². The summed E-state index contributed by atoms with van der Waals surface area (Å²) in [7, 11) is 0. The number of rotatable bonds is 6. The lowest BCUT2D eigenvalue weighted by molar-refractivity contribution is -0.285. The van der Waals surface area contributed by atoms with Crippen molar-refractivity contribution in [1.29, 1.82) is 0 Å². The van der Waals surface area contributed by atoms with E-state index in [1.165, 1.54) is 0 Å². The average molecular weight is 601 g/mol. The minimum atomic E-state index is -5.66. The zero-order chi connectivity index (χ0) is 32.4. The standard InChI is InChI=1S/C20H19F5N6O.C6H12O2.C2H6/c1-9-4-5-10-11(8-9)31(7-6-19(21,22)20(23,24)25)30-13(10)16-27-14(26)12-15(28-16)29-17(32)18(12,2)3;1-4-6(2,3)5(7)8;1-2/h4-5,8H,6-7H2,1-3H3,(H3,26,27,28,29,32);4H2,1-3H3,(H,7,8);1-2H3. The molecular weight excluding hydrogens is 563 g/mol. The highest BCUT2D eigenvalue weighted by Gasteiger charge is 2.56. The molecule has 4 N–H and O–H groups in total. The quantitative estimate of drug-likeness (QED) is 0.267. The van der Waals surface area contributed by atoms with E-state index in [0.717, 1.165) is 10.2 Å². The number of aromatic nitrogens is 4. The molecule has 0 saturated carbocycles. The van der Waals surface area contributed by atoms with E-state index in [0.29, 0.717) is 22.9 Å². The summed E-state index contributed by atoms with van der Waals surface area (Å²) in [5, 5.41) is 15.8. The van der Waals surface area contributed by atoms with Crippen LogP contribution >= 0.6 is 0 Å². The maximum atomic E-state index is 13.5. The molecule has 1 amide bonds. The van der Waals surface area contributed by atoms with Crippen molar-refractivity contribution < 1.29 is 36.6 Å². The van der Waals surface area contributed by atoms with Gasteiger partial charge in [0.1, 0.15) is 17.3 Å². The van der Waals surface area contributed by atoms with Gasteiger partial charge < -0.3 is 16.2 Å². The van der Waals surface area contributed by atoms with E-state index in [-0.39, 0.29) is 29.1 Å². The van der Waals surface area contributed by atoms with Gasteiger partial charge in [-0.1, -0.05) is 32.9 Å². The molecule has 1 aliphatic heterocycles. The highest BCUT2D eigenvalue weighted by atomic mass is 19.4. The second-order valence-corrected chi connectivity index (χ2v) is 10.8. The van der Waals surface area contributed by atoms with Crippen molar-refractivity contribution in [2.24, 2.45) is 5.41 Å². The number of fused-ring (bicyclic) bond motifs is 2. The topological polar surface area (TPSA) is 136 Å². The summed E-state index contributed by atoms with van der Waals surface area (Å²) < 4.78 is 65.9. The zero-order valence-electron chi connectivity index (χ0n) is 24.9. The van der Waals surface area contributed by atoms with Crippen molar-refractivity contribution in [1.82, 2.24) is 19.7 Å². The van der Waals surface area contributed by atoms with Crippen LogP contribution < -0.4 is 11.1 Å². The molecule has 1 aliphatic rings. The fourth-order valence-corrected chi connectivity index (χ4v) is 3.83. The number of amides is 1. The van der Waals surface area contributed by atoms with Gasteiger partial charge in [0.05, 0.1) is 21.9 Å². The van der Waals surface area contributed by atoms with Gasteiger partial charge in [0.25, 0.3) is 0 Å². The number of nitrogens with two attached hydrogens (primary N) is 1. The Bertz CT molecular complexity index is 1460. The number of anilines is 2. The van der Waals surface area contributed by atoms with Gasteiger partial charge in [-0.3, -0.25) is 14.3 Å². The molecule has 9 nitrogen and oxygen atoms in total. The van der Waals surface area contributed by atoms with E-state index in [1.807, 2.05) is 20.8 Å². The monoisotopic (exact) mass is 600 g/mol. The van der Waals surface area contributed by atoms with Crippen molar-refractivity contribution >= 4 is 34.4 Å². The highest BCUT2D eigenvalue weighted by molar-refractivity contribution is 6.06. The molecule has 0 saturated heterocycles. The first kappa shape index (κ1) is 34.4. The van der Waals surface area contributed by atoms with Gasteiger partial charge in [-0.2, -0.15) is 27.1 Å². The lowest BCUT2D eigenvalue weighted by Crippen LogP contribution is -2.37. The normalized spacial score (nSPS) is 14.4. The number of aliphatic carboxylic acids is 1. The van der Waals surface area contributed by atoms with Gasteiger partial charge >= 0.3 is 18.1 Å². The van der Waals surface area contributed by atoms with Crippen LogP contribution in [0.15, 0.2) is 18.2 Å². The second-order valence-electron chi connectivity index (χ2n) is 10.8.